The Labute approximate surface area is 96.3 Å². The van der Waals surface area contributed by atoms with Gasteiger partial charge in [0.15, 0.2) is 5.78 Å². The third-order valence-electron chi connectivity index (χ3n) is 2.42. The topological polar surface area (TPSA) is 17.1 Å². The number of unbranched alkanes of at least 4 members (excludes halogenated alkanes) is 2. The highest BCUT2D eigenvalue weighted by atomic mass is 32.2. The zero-order valence-electron chi connectivity index (χ0n) is 9.45. The van der Waals surface area contributed by atoms with Crippen LogP contribution in [0.2, 0.25) is 0 Å². The first-order valence-electron chi connectivity index (χ1n) is 5.45. The van der Waals surface area contributed by atoms with E-state index in [9.17, 15) is 4.79 Å². The minimum Gasteiger partial charge on any atom is -0.294 e. The quantitative estimate of drug-likeness (QED) is 0.408. The lowest BCUT2D eigenvalue weighted by molar-refractivity contribution is 0.0979. The molecular weight excluding hydrogens is 204 g/mol. The van der Waals surface area contributed by atoms with Crippen LogP contribution in [-0.2, 0) is 0 Å². The molecule has 1 aromatic rings. The van der Waals surface area contributed by atoms with Gasteiger partial charge in [0, 0.05) is 16.9 Å². The number of rotatable bonds is 6. The molecule has 0 N–H and O–H groups in total. The minimum atomic E-state index is 0.274. The second kappa shape index (κ2) is 6.67. The molecule has 82 valence electrons. The molecule has 0 saturated carbocycles. The number of Topliss-reactive ketones (excluding diaryl/α,β-unsaturated/α-hetero) is 1. The maximum Gasteiger partial charge on any atom is 0.162 e. The fourth-order valence-corrected chi connectivity index (χ4v) is 1.87. The van der Waals surface area contributed by atoms with Crippen molar-refractivity contribution in [2.45, 2.75) is 37.5 Å². The molecule has 0 atom stereocenters. The summed E-state index contributed by atoms with van der Waals surface area (Å²) < 4.78 is 0. The normalized spacial score (nSPS) is 10.3. The average Bonchev–Trinajstić information content (AvgIpc) is 2.29. The van der Waals surface area contributed by atoms with E-state index < -0.39 is 0 Å². The van der Waals surface area contributed by atoms with Gasteiger partial charge in [0.25, 0.3) is 0 Å². The van der Waals surface area contributed by atoms with Gasteiger partial charge in [-0.25, -0.2) is 0 Å². The Balaban J connectivity index is 2.50. The molecule has 0 saturated heterocycles. The molecule has 0 unspecified atom stereocenters. The van der Waals surface area contributed by atoms with Gasteiger partial charge in [-0.1, -0.05) is 31.9 Å². The van der Waals surface area contributed by atoms with Gasteiger partial charge in [-0.2, -0.15) is 0 Å². The summed E-state index contributed by atoms with van der Waals surface area (Å²) in [5.41, 5.74) is 0.851. The number of benzene rings is 1. The van der Waals surface area contributed by atoms with Crippen molar-refractivity contribution in [3.8, 4) is 0 Å². The van der Waals surface area contributed by atoms with Crippen molar-refractivity contribution < 1.29 is 4.79 Å². The van der Waals surface area contributed by atoms with Crippen molar-refractivity contribution in [3.63, 3.8) is 0 Å². The van der Waals surface area contributed by atoms with Crippen LogP contribution in [0.4, 0.5) is 0 Å². The maximum atomic E-state index is 11.7. The Bertz CT molecular complexity index is 303. The summed E-state index contributed by atoms with van der Waals surface area (Å²) in [5, 5.41) is 0. The van der Waals surface area contributed by atoms with Crippen LogP contribution in [0.15, 0.2) is 29.2 Å². The Morgan fingerprint density at radius 2 is 1.87 bits per heavy atom. The van der Waals surface area contributed by atoms with Crippen LogP contribution in [0.3, 0.4) is 0 Å². The largest absolute Gasteiger partial charge is 0.294 e. The SMILES string of the molecule is CCCCCC(=O)c1ccc(SC)cc1. The molecule has 0 radical (unpaired) electrons. The number of thioether (sulfide) groups is 1. The zero-order valence-corrected chi connectivity index (χ0v) is 10.3. The van der Waals surface area contributed by atoms with E-state index in [4.69, 9.17) is 0 Å². The van der Waals surface area contributed by atoms with Crippen molar-refractivity contribution in [2.24, 2.45) is 0 Å². The van der Waals surface area contributed by atoms with Gasteiger partial charge >= 0.3 is 0 Å². The molecule has 0 spiro atoms. The number of carbonyl (C=O) groups is 1. The molecule has 0 aromatic heterocycles. The first kappa shape index (κ1) is 12.3. The van der Waals surface area contributed by atoms with Crippen molar-refractivity contribution in [1.82, 2.24) is 0 Å². The first-order chi connectivity index (χ1) is 7.27. The Morgan fingerprint density at radius 3 is 2.40 bits per heavy atom. The fourth-order valence-electron chi connectivity index (χ4n) is 1.46. The van der Waals surface area contributed by atoms with Gasteiger partial charge in [0.05, 0.1) is 0 Å². The fraction of sp³-hybridized carbons (Fsp3) is 0.462. The van der Waals surface area contributed by atoms with E-state index in [2.05, 4.69) is 6.92 Å². The van der Waals surface area contributed by atoms with E-state index in [0.717, 1.165) is 18.4 Å². The molecule has 1 nitrogen and oxygen atoms in total. The van der Waals surface area contributed by atoms with Crippen LogP contribution in [-0.4, -0.2) is 12.0 Å². The number of hydrogen-bond acceptors (Lipinski definition) is 2. The minimum absolute atomic E-state index is 0.274. The van der Waals surface area contributed by atoms with E-state index in [1.165, 1.54) is 11.3 Å². The maximum absolute atomic E-state index is 11.7. The summed E-state index contributed by atoms with van der Waals surface area (Å²) in [5.74, 6) is 0.274. The predicted octanol–water partition coefficient (Wildman–Crippen LogP) is 4.17. The Hall–Kier alpha value is -0.760. The third kappa shape index (κ3) is 4.08. The van der Waals surface area contributed by atoms with Gasteiger partial charge in [-0.15, -0.1) is 11.8 Å². The van der Waals surface area contributed by atoms with Gasteiger partial charge in [-0.05, 0) is 24.8 Å². The lowest BCUT2D eigenvalue weighted by Crippen LogP contribution is -1.98. The van der Waals surface area contributed by atoms with Crippen LogP contribution in [0.25, 0.3) is 0 Å². The summed E-state index contributed by atoms with van der Waals surface area (Å²) in [6, 6.07) is 7.88. The summed E-state index contributed by atoms with van der Waals surface area (Å²) in [6.07, 6.45) is 6.05. The highest BCUT2D eigenvalue weighted by Crippen LogP contribution is 2.16. The third-order valence-corrected chi connectivity index (χ3v) is 3.16. The van der Waals surface area contributed by atoms with Crippen LogP contribution in [0.5, 0.6) is 0 Å². The smallest absolute Gasteiger partial charge is 0.162 e. The lowest BCUT2D eigenvalue weighted by atomic mass is 10.1. The molecule has 0 aliphatic heterocycles. The van der Waals surface area contributed by atoms with E-state index >= 15 is 0 Å². The molecule has 15 heavy (non-hydrogen) atoms. The van der Waals surface area contributed by atoms with Crippen LogP contribution in [0, 0.1) is 0 Å². The van der Waals surface area contributed by atoms with Gasteiger partial charge in [0.2, 0.25) is 0 Å². The standard InChI is InChI=1S/C13H18OS/c1-3-4-5-6-13(14)11-7-9-12(15-2)10-8-11/h7-10H,3-6H2,1-2H3. The van der Waals surface area contributed by atoms with Crippen molar-refractivity contribution in [2.75, 3.05) is 6.26 Å². The molecule has 0 amide bonds. The van der Waals surface area contributed by atoms with Crippen LogP contribution in [0.1, 0.15) is 43.0 Å². The summed E-state index contributed by atoms with van der Waals surface area (Å²) >= 11 is 1.70. The molecule has 0 aliphatic rings. The summed E-state index contributed by atoms with van der Waals surface area (Å²) in [4.78, 5) is 12.9. The van der Waals surface area contributed by atoms with Gasteiger partial charge in [0.1, 0.15) is 0 Å². The molecule has 2 heteroatoms. The molecule has 0 bridgehead atoms. The second-order valence-corrected chi connectivity index (χ2v) is 4.49. The molecule has 1 aromatic carbocycles. The Morgan fingerprint density at radius 1 is 1.20 bits per heavy atom. The van der Waals surface area contributed by atoms with E-state index in [1.807, 2.05) is 30.5 Å². The van der Waals surface area contributed by atoms with Crippen molar-refractivity contribution in [3.05, 3.63) is 29.8 Å². The average molecular weight is 222 g/mol. The highest BCUT2D eigenvalue weighted by molar-refractivity contribution is 7.98. The molecule has 0 heterocycles. The Kier molecular flexibility index (Phi) is 5.48. The van der Waals surface area contributed by atoms with Crippen LogP contribution < -0.4 is 0 Å². The second-order valence-electron chi connectivity index (χ2n) is 3.61. The number of carbonyl (C=O) groups excluding carboxylic acids is 1. The van der Waals surface area contributed by atoms with Crippen molar-refractivity contribution >= 4 is 17.5 Å². The van der Waals surface area contributed by atoms with Gasteiger partial charge < -0.3 is 0 Å². The van der Waals surface area contributed by atoms with E-state index in [1.54, 1.807) is 11.8 Å². The van der Waals surface area contributed by atoms with Gasteiger partial charge in [-0.3, -0.25) is 4.79 Å². The monoisotopic (exact) mass is 222 g/mol. The van der Waals surface area contributed by atoms with Crippen LogP contribution >= 0.6 is 11.8 Å². The van der Waals surface area contributed by atoms with Crippen molar-refractivity contribution in [1.29, 1.82) is 0 Å². The zero-order chi connectivity index (χ0) is 11.1. The predicted molar refractivity (Wildman–Crippen MR) is 66.7 cm³/mol. The molecular formula is C13H18OS. The summed E-state index contributed by atoms with van der Waals surface area (Å²) in [6.45, 7) is 2.15. The lowest BCUT2D eigenvalue weighted by Gasteiger charge is -2.01. The highest BCUT2D eigenvalue weighted by Gasteiger charge is 2.04. The number of ketones is 1. The molecule has 0 fully saturated rings. The number of hydrogen-bond donors (Lipinski definition) is 0. The summed E-state index contributed by atoms with van der Waals surface area (Å²) in [7, 11) is 0. The first-order valence-corrected chi connectivity index (χ1v) is 6.67. The molecule has 1 rings (SSSR count). The van der Waals surface area contributed by atoms with E-state index in [-0.39, 0.29) is 5.78 Å². The van der Waals surface area contributed by atoms with E-state index in [0.29, 0.717) is 6.42 Å². The molecule has 0 aliphatic carbocycles.